The standard InChI is InChI=1S/C46H27N3O/c1-2-14-29(15-3-1)42-36-20-8-10-23-39(36)47-46(48-42)49-43-32-18-7-4-13-28(32)25-26-35(43)34-21-12-22-37(44(34)49)41-31-17-6-5-16-30(31)27-38-33-19-9-11-24-40(33)50-45(38)41/h1-27H. The Morgan fingerprint density at radius 1 is 0.440 bits per heavy atom. The van der Waals surface area contributed by atoms with Crippen molar-refractivity contribution in [2.45, 2.75) is 0 Å². The van der Waals surface area contributed by atoms with E-state index in [1.165, 1.54) is 10.8 Å². The zero-order valence-corrected chi connectivity index (χ0v) is 26.8. The van der Waals surface area contributed by atoms with Crippen molar-refractivity contribution < 1.29 is 4.42 Å². The van der Waals surface area contributed by atoms with Gasteiger partial charge in [-0.1, -0.05) is 146 Å². The van der Waals surface area contributed by atoms with E-state index in [0.717, 1.165) is 87.8 Å². The van der Waals surface area contributed by atoms with Crippen LogP contribution in [0, 0.1) is 0 Å². The topological polar surface area (TPSA) is 43.9 Å². The highest BCUT2D eigenvalue weighted by Gasteiger charge is 2.24. The molecule has 3 aromatic heterocycles. The Balaban J connectivity index is 1.37. The lowest BCUT2D eigenvalue weighted by atomic mass is 9.93. The number of aromatic nitrogens is 3. The van der Waals surface area contributed by atoms with E-state index in [2.05, 4.69) is 156 Å². The van der Waals surface area contributed by atoms with Crippen LogP contribution in [0.4, 0.5) is 0 Å². The Morgan fingerprint density at radius 2 is 1.12 bits per heavy atom. The molecule has 0 bridgehead atoms. The molecule has 3 heterocycles. The molecule has 0 aliphatic rings. The summed E-state index contributed by atoms with van der Waals surface area (Å²) in [7, 11) is 0. The highest BCUT2D eigenvalue weighted by atomic mass is 16.3. The van der Waals surface area contributed by atoms with Gasteiger partial charge in [0.1, 0.15) is 11.2 Å². The Hall–Kier alpha value is -6.78. The molecular formula is C46H27N3O. The second kappa shape index (κ2) is 10.4. The molecule has 11 aromatic rings. The first-order chi connectivity index (χ1) is 24.8. The molecular weight excluding hydrogens is 611 g/mol. The van der Waals surface area contributed by atoms with Gasteiger partial charge in [0, 0.05) is 49.0 Å². The molecule has 232 valence electrons. The molecule has 0 N–H and O–H groups in total. The maximum Gasteiger partial charge on any atom is 0.235 e. The number of hydrogen-bond acceptors (Lipinski definition) is 3. The van der Waals surface area contributed by atoms with Gasteiger partial charge in [-0.15, -0.1) is 0 Å². The fourth-order valence-electron chi connectivity index (χ4n) is 8.00. The minimum Gasteiger partial charge on any atom is -0.455 e. The van der Waals surface area contributed by atoms with Crippen LogP contribution in [0.2, 0.25) is 0 Å². The summed E-state index contributed by atoms with van der Waals surface area (Å²) in [6.45, 7) is 0. The average molecular weight is 638 g/mol. The third-order valence-electron chi connectivity index (χ3n) is 10.2. The minimum absolute atomic E-state index is 0.632. The van der Waals surface area contributed by atoms with Gasteiger partial charge in [-0.25, -0.2) is 9.97 Å². The second-order valence-electron chi connectivity index (χ2n) is 12.9. The fourth-order valence-corrected chi connectivity index (χ4v) is 8.00. The SMILES string of the molecule is c1ccc(-c2nc(-n3c4c(-c5c6ccccc6cc6c5oc5ccccc56)cccc4c4ccc5ccccc5c43)nc3ccccc23)cc1. The van der Waals surface area contributed by atoms with Gasteiger partial charge in [-0.3, -0.25) is 4.57 Å². The summed E-state index contributed by atoms with van der Waals surface area (Å²) in [6.07, 6.45) is 0. The number of hydrogen-bond donors (Lipinski definition) is 0. The highest BCUT2D eigenvalue weighted by Crippen LogP contribution is 2.46. The van der Waals surface area contributed by atoms with Crippen molar-refractivity contribution in [1.82, 2.24) is 14.5 Å². The normalized spacial score (nSPS) is 12.0. The first-order valence-electron chi connectivity index (χ1n) is 16.9. The molecule has 0 radical (unpaired) electrons. The number of benzene rings is 8. The lowest BCUT2D eigenvalue weighted by molar-refractivity contribution is 0.670. The lowest BCUT2D eigenvalue weighted by Gasteiger charge is -2.15. The smallest absolute Gasteiger partial charge is 0.235 e. The van der Waals surface area contributed by atoms with E-state index in [1.54, 1.807) is 0 Å². The summed E-state index contributed by atoms with van der Waals surface area (Å²) < 4.78 is 9.08. The van der Waals surface area contributed by atoms with Crippen molar-refractivity contribution in [1.29, 1.82) is 0 Å². The van der Waals surface area contributed by atoms with E-state index in [4.69, 9.17) is 14.4 Å². The molecule has 0 saturated carbocycles. The van der Waals surface area contributed by atoms with Crippen LogP contribution in [-0.2, 0) is 0 Å². The van der Waals surface area contributed by atoms with Gasteiger partial charge >= 0.3 is 0 Å². The Morgan fingerprint density at radius 3 is 2.00 bits per heavy atom. The van der Waals surface area contributed by atoms with Gasteiger partial charge in [0.25, 0.3) is 0 Å². The van der Waals surface area contributed by atoms with Crippen molar-refractivity contribution in [3.05, 3.63) is 164 Å². The Labute approximate surface area is 286 Å². The third-order valence-corrected chi connectivity index (χ3v) is 10.2. The lowest BCUT2D eigenvalue weighted by Crippen LogP contribution is -2.04. The van der Waals surface area contributed by atoms with Gasteiger partial charge in [0.2, 0.25) is 5.95 Å². The summed E-state index contributed by atoms with van der Waals surface area (Å²) in [5, 5.41) is 10.1. The van der Waals surface area contributed by atoms with E-state index < -0.39 is 0 Å². The highest BCUT2D eigenvalue weighted by molar-refractivity contribution is 6.25. The first-order valence-corrected chi connectivity index (χ1v) is 16.9. The number of rotatable bonds is 3. The summed E-state index contributed by atoms with van der Waals surface area (Å²) in [6, 6.07) is 57.7. The second-order valence-corrected chi connectivity index (χ2v) is 12.9. The molecule has 8 aromatic carbocycles. The molecule has 50 heavy (non-hydrogen) atoms. The minimum atomic E-state index is 0.632. The van der Waals surface area contributed by atoms with E-state index in [0.29, 0.717) is 5.95 Å². The van der Waals surface area contributed by atoms with Crippen LogP contribution in [0.3, 0.4) is 0 Å². The van der Waals surface area contributed by atoms with Crippen LogP contribution in [0.5, 0.6) is 0 Å². The van der Waals surface area contributed by atoms with Crippen molar-refractivity contribution in [2.75, 3.05) is 0 Å². The number of fused-ring (bicyclic) bond motifs is 10. The molecule has 4 heteroatoms. The Bertz CT molecular complexity index is 3150. The van der Waals surface area contributed by atoms with Gasteiger partial charge in [-0.2, -0.15) is 0 Å². The zero-order chi connectivity index (χ0) is 32.8. The Kier molecular flexibility index (Phi) is 5.63. The predicted molar refractivity (Wildman–Crippen MR) is 207 cm³/mol. The molecule has 0 saturated heterocycles. The van der Waals surface area contributed by atoms with E-state index in [-0.39, 0.29) is 0 Å². The summed E-state index contributed by atoms with van der Waals surface area (Å²) in [5.74, 6) is 0.632. The molecule has 0 atom stereocenters. The van der Waals surface area contributed by atoms with Crippen LogP contribution in [0.1, 0.15) is 0 Å². The van der Waals surface area contributed by atoms with Crippen molar-refractivity contribution >= 4 is 76.2 Å². The van der Waals surface area contributed by atoms with Gasteiger partial charge < -0.3 is 4.42 Å². The monoisotopic (exact) mass is 637 g/mol. The van der Waals surface area contributed by atoms with E-state index in [9.17, 15) is 0 Å². The molecule has 11 rings (SSSR count). The van der Waals surface area contributed by atoms with E-state index in [1.807, 2.05) is 12.1 Å². The molecule has 0 unspecified atom stereocenters. The zero-order valence-electron chi connectivity index (χ0n) is 26.8. The molecule has 4 nitrogen and oxygen atoms in total. The fraction of sp³-hybridized carbons (Fsp3) is 0. The molecule has 0 amide bonds. The van der Waals surface area contributed by atoms with Crippen LogP contribution in [0.15, 0.2) is 168 Å². The quantitative estimate of drug-likeness (QED) is 0.194. The van der Waals surface area contributed by atoms with Gasteiger partial charge in [-0.05, 0) is 34.4 Å². The predicted octanol–water partition coefficient (Wildman–Crippen LogP) is 12.3. The molecule has 0 aliphatic carbocycles. The molecule has 0 spiro atoms. The maximum absolute atomic E-state index is 6.78. The van der Waals surface area contributed by atoms with Crippen LogP contribution in [0.25, 0.3) is 105 Å². The number of furan rings is 1. The first kappa shape index (κ1) is 27.2. The number of para-hydroxylation sites is 3. The van der Waals surface area contributed by atoms with Crippen LogP contribution in [-0.4, -0.2) is 14.5 Å². The molecule has 0 fully saturated rings. The van der Waals surface area contributed by atoms with Crippen molar-refractivity contribution in [3.63, 3.8) is 0 Å². The van der Waals surface area contributed by atoms with Crippen molar-refractivity contribution in [2.24, 2.45) is 0 Å². The van der Waals surface area contributed by atoms with E-state index >= 15 is 0 Å². The van der Waals surface area contributed by atoms with Gasteiger partial charge in [0.15, 0.2) is 0 Å². The number of nitrogens with zero attached hydrogens (tertiary/aromatic N) is 3. The average Bonchev–Trinajstić information content (AvgIpc) is 3.73. The summed E-state index contributed by atoms with van der Waals surface area (Å²) in [5.41, 5.74) is 8.88. The largest absolute Gasteiger partial charge is 0.455 e. The third kappa shape index (κ3) is 3.81. The van der Waals surface area contributed by atoms with Crippen LogP contribution >= 0.6 is 0 Å². The van der Waals surface area contributed by atoms with Crippen molar-refractivity contribution in [3.8, 4) is 28.3 Å². The summed E-state index contributed by atoms with van der Waals surface area (Å²) >= 11 is 0. The molecule has 0 aliphatic heterocycles. The van der Waals surface area contributed by atoms with Gasteiger partial charge in [0.05, 0.1) is 22.2 Å². The summed E-state index contributed by atoms with van der Waals surface area (Å²) in [4.78, 5) is 10.8. The maximum atomic E-state index is 6.78. The van der Waals surface area contributed by atoms with Crippen LogP contribution < -0.4 is 0 Å².